The molecule has 0 saturated carbocycles. The van der Waals surface area contributed by atoms with Crippen LogP contribution in [0.15, 0.2) is 24.4 Å². The molecule has 3 nitrogen and oxygen atoms in total. The summed E-state index contributed by atoms with van der Waals surface area (Å²) in [6.45, 7) is 8.71. The van der Waals surface area contributed by atoms with E-state index in [9.17, 15) is 0 Å². The molecule has 0 saturated heterocycles. The maximum Gasteiger partial charge on any atom is 0.138 e. The van der Waals surface area contributed by atoms with Gasteiger partial charge in [-0.15, -0.1) is 11.3 Å². The van der Waals surface area contributed by atoms with Gasteiger partial charge in [-0.25, -0.2) is 4.98 Å². The molecule has 0 amide bonds. The van der Waals surface area contributed by atoms with Crippen LogP contribution in [0.2, 0.25) is 5.02 Å². The van der Waals surface area contributed by atoms with E-state index in [0.717, 1.165) is 28.7 Å². The molecule has 0 aliphatic rings. The van der Waals surface area contributed by atoms with Crippen molar-refractivity contribution in [1.29, 1.82) is 0 Å². The Morgan fingerprint density at radius 1 is 1.38 bits per heavy atom. The number of rotatable bonds is 7. The number of nitrogens with one attached hydrogen (secondary N) is 1. The van der Waals surface area contributed by atoms with E-state index in [-0.39, 0.29) is 0 Å². The molecule has 21 heavy (non-hydrogen) atoms. The molecule has 1 aromatic carbocycles. The monoisotopic (exact) mass is 324 g/mol. The van der Waals surface area contributed by atoms with Crippen LogP contribution in [0.25, 0.3) is 0 Å². The van der Waals surface area contributed by atoms with Crippen molar-refractivity contribution in [1.82, 2.24) is 10.3 Å². The highest BCUT2D eigenvalue weighted by Crippen LogP contribution is 2.27. The van der Waals surface area contributed by atoms with E-state index in [2.05, 4.69) is 24.1 Å². The van der Waals surface area contributed by atoms with Gasteiger partial charge in [0, 0.05) is 12.7 Å². The second kappa shape index (κ2) is 7.78. The lowest BCUT2D eigenvalue weighted by Crippen LogP contribution is -2.18. The van der Waals surface area contributed by atoms with Gasteiger partial charge in [0.05, 0.1) is 14.9 Å². The third kappa shape index (κ3) is 5.30. The Balaban J connectivity index is 1.89. The lowest BCUT2D eigenvalue weighted by atomic mass is 10.2. The summed E-state index contributed by atoms with van der Waals surface area (Å²) in [5.41, 5.74) is 1.17. The van der Waals surface area contributed by atoms with E-state index in [4.69, 9.17) is 16.3 Å². The number of benzene rings is 1. The summed E-state index contributed by atoms with van der Waals surface area (Å²) in [6.07, 6.45) is 1.85. The van der Waals surface area contributed by atoms with E-state index >= 15 is 0 Å². The van der Waals surface area contributed by atoms with Crippen molar-refractivity contribution < 1.29 is 4.74 Å². The fraction of sp³-hybridized carbons (Fsp3) is 0.438. The Morgan fingerprint density at radius 3 is 2.81 bits per heavy atom. The molecule has 114 valence electrons. The zero-order valence-corrected chi connectivity index (χ0v) is 14.2. The molecule has 2 rings (SSSR count). The van der Waals surface area contributed by atoms with Crippen LogP contribution in [0, 0.1) is 12.8 Å². The number of hydrogen-bond acceptors (Lipinski definition) is 4. The quantitative estimate of drug-likeness (QED) is 0.818. The first kappa shape index (κ1) is 16.3. The molecule has 0 radical (unpaired) electrons. The van der Waals surface area contributed by atoms with Crippen LogP contribution in [0.1, 0.15) is 29.3 Å². The minimum atomic E-state index is 0.510. The van der Waals surface area contributed by atoms with Crippen molar-refractivity contribution in [3.05, 3.63) is 44.9 Å². The fourth-order valence-corrected chi connectivity index (χ4v) is 2.86. The Bertz CT molecular complexity index is 583. The second-order valence-electron chi connectivity index (χ2n) is 5.42. The van der Waals surface area contributed by atoms with Gasteiger partial charge in [-0.1, -0.05) is 31.5 Å². The average Bonchev–Trinajstić information content (AvgIpc) is 2.83. The molecule has 0 bridgehead atoms. The topological polar surface area (TPSA) is 34.1 Å². The smallest absolute Gasteiger partial charge is 0.138 e. The normalized spacial score (nSPS) is 11.1. The summed E-state index contributed by atoms with van der Waals surface area (Å²) in [6, 6.07) is 5.94. The van der Waals surface area contributed by atoms with Gasteiger partial charge in [-0.3, -0.25) is 0 Å². The zero-order chi connectivity index (χ0) is 15.2. The van der Waals surface area contributed by atoms with Crippen molar-refractivity contribution in [2.45, 2.75) is 33.9 Å². The Hall–Kier alpha value is -1.10. The zero-order valence-electron chi connectivity index (χ0n) is 12.6. The highest BCUT2D eigenvalue weighted by molar-refractivity contribution is 7.11. The van der Waals surface area contributed by atoms with Gasteiger partial charge in [0.25, 0.3) is 0 Å². The molecule has 1 N–H and O–H groups in total. The molecule has 1 heterocycles. The van der Waals surface area contributed by atoms with Gasteiger partial charge >= 0.3 is 0 Å². The van der Waals surface area contributed by atoms with Crippen LogP contribution in [0.5, 0.6) is 5.75 Å². The molecule has 0 atom stereocenters. The predicted molar refractivity (Wildman–Crippen MR) is 89.2 cm³/mol. The minimum absolute atomic E-state index is 0.510. The van der Waals surface area contributed by atoms with Gasteiger partial charge in [0.15, 0.2) is 0 Å². The summed E-state index contributed by atoms with van der Waals surface area (Å²) >= 11 is 7.92. The summed E-state index contributed by atoms with van der Waals surface area (Å²) in [4.78, 5) is 5.31. The van der Waals surface area contributed by atoms with Crippen molar-refractivity contribution in [3.8, 4) is 5.75 Å². The first-order valence-electron chi connectivity index (χ1n) is 7.08. The Labute approximate surface area is 135 Å². The average molecular weight is 325 g/mol. The van der Waals surface area contributed by atoms with E-state index in [0.29, 0.717) is 17.5 Å². The van der Waals surface area contributed by atoms with Crippen LogP contribution in [0.4, 0.5) is 0 Å². The van der Waals surface area contributed by atoms with Gasteiger partial charge in [0.1, 0.15) is 12.4 Å². The van der Waals surface area contributed by atoms with Crippen molar-refractivity contribution >= 4 is 22.9 Å². The molecule has 5 heteroatoms. The van der Waals surface area contributed by atoms with Crippen molar-refractivity contribution in [2.75, 3.05) is 6.54 Å². The molecule has 1 aromatic heterocycles. The lowest BCUT2D eigenvalue weighted by molar-refractivity contribution is 0.309. The molecule has 0 aliphatic heterocycles. The van der Waals surface area contributed by atoms with Crippen LogP contribution < -0.4 is 10.1 Å². The van der Waals surface area contributed by atoms with E-state index in [1.54, 1.807) is 11.3 Å². The Morgan fingerprint density at radius 2 is 2.19 bits per heavy atom. The van der Waals surface area contributed by atoms with Gasteiger partial charge in [-0.05, 0) is 37.1 Å². The SMILES string of the molecule is Cc1ncc(COc2ccc(CNCC(C)C)cc2Cl)s1. The number of halogens is 1. The maximum atomic E-state index is 6.28. The van der Waals surface area contributed by atoms with Crippen LogP contribution in [-0.4, -0.2) is 11.5 Å². The fourth-order valence-electron chi connectivity index (χ4n) is 1.90. The van der Waals surface area contributed by atoms with E-state index < -0.39 is 0 Å². The third-order valence-corrected chi connectivity index (χ3v) is 4.10. The molecular weight excluding hydrogens is 304 g/mol. The van der Waals surface area contributed by atoms with E-state index in [1.165, 1.54) is 5.56 Å². The standard InChI is InChI=1S/C16H21ClN2OS/c1-11(2)7-18-8-13-4-5-16(15(17)6-13)20-10-14-9-19-12(3)21-14/h4-6,9,11,18H,7-8,10H2,1-3H3. The number of aryl methyl sites for hydroxylation is 1. The van der Waals surface area contributed by atoms with Gasteiger partial charge < -0.3 is 10.1 Å². The molecule has 0 unspecified atom stereocenters. The molecule has 0 aliphatic carbocycles. The lowest BCUT2D eigenvalue weighted by Gasteiger charge is -2.10. The number of ether oxygens (including phenoxy) is 1. The first-order valence-corrected chi connectivity index (χ1v) is 8.27. The minimum Gasteiger partial charge on any atom is -0.486 e. The van der Waals surface area contributed by atoms with Gasteiger partial charge in [-0.2, -0.15) is 0 Å². The van der Waals surface area contributed by atoms with Crippen LogP contribution in [-0.2, 0) is 13.2 Å². The number of thiazole rings is 1. The van der Waals surface area contributed by atoms with E-state index in [1.807, 2.05) is 31.3 Å². The number of hydrogen-bond donors (Lipinski definition) is 1. The first-order chi connectivity index (χ1) is 10.0. The van der Waals surface area contributed by atoms with Gasteiger partial charge in [0.2, 0.25) is 0 Å². The summed E-state index contributed by atoms with van der Waals surface area (Å²) in [7, 11) is 0. The molecular formula is C16H21ClN2OS. The number of aromatic nitrogens is 1. The van der Waals surface area contributed by atoms with Crippen molar-refractivity contribution in [3.63, 3.8) is 0 Å². The molecule has 0 fully saturated rings. The summed E-state index contributed by atoms with van der Waals surface area (Å²) < 4.78 is 5.75. The summed E-state index contributed by atoms with van der Waals surface area (Å²) in [5, 5.41) is 5.10. The largest absolute Gasteiger partial charge is 0.486 e. The molecule has 0 spiro atoms. The second-order valence-corrected chi connectivity index (χ2v) is 7.15. The van der Waals surface area contributed by atoms with Crippen LogP contribution >= 0.6 is 22.9 Å². The van der Waals surface area contributed by atoms with Crippen LogP contribution in [0.3, 0.4) is 0 Å². The maximum absolute atomic E-state index is 6.28. The third-order valence-electron chi connectivity index (χ3n) is 2.92. The Kier molecular flexibility index (Phi) is 6.03. The molecule has 2 aromatic rings. The van der Waals surface area contributed by atoms with Crippen molar-refractivity contribution in [2.24, 2.45) is 5.92 Å². The highest BCUT2D eigenvalue weighted by atomic mass is 35.5. The highest BCUT2D eigenvalue weighted by Gasteiger charge is 2.05. The summed E-state index contributed by atoms with van der Waals surface area (Å²) in [5.74, 6) is 1.36. The predicted octanol–water partition coefficient (Wildman–Crippen LogP) is 4.43. The number of nitrogens with zero attached hydrogens (tertiary/aromatic N) is 1.